The smallest absolute Gasteiger partial charge is 0.229 e. The largest absolute Gasteiger partial charge is 0.310 e. The molecular weight excluding hydrogens is 424 g/mol. The zero-order valence-electron chi connectivity index (χ0n) is 14.4. The van der Waals surface area contributed by atoms with E-state index in [2.05, 4.69) is 20.9 Å². The van der Waals surface area contributed by atoms with Gasteiger partial charge in [0.15, 0.2) is 0 Å². The SMILES string of the molecule is O=S(=O)(Cc1ccccc1)c1nc2ccccc2n1Cc1ccc(Br)cc1. The highest BCUT2D eigenvalue weighted by Gasteiger charge is 2.24. The highest BCUT2D eigenvalue weighted by molar-refractivity contribution is 9.10. The van der Waals surface area contributed by atoms with Gasteiger partial charge in [0.1, 0.15) is 0 Å². The molecule has 1 aromatic heterocycles. The third-order valence-electron chi connectivity index (χ3n) is 4.35. The van der Waals surface area contributed by atoms with Gasteiger partial charge in [-0.3, -0.25) is 0 Å². The number of fused-ring (bicyclic) bond motifs is 1. The summed E-state index contributed by atoms with van der Waals surface area (Å²) in [5.41, 5.74) is 3.26. The minimum atomic E-state index is -3.59. The summed E-state index contributed by atoms with van der Waals surface area (Å²) in [5, 5.41) is 0.107. The molecule has 0 N–H and O–H groups in total. The third kappa shape index (κ3) is 3.82. The quantitative estimate of drug-likeness (QED) is 0.446. The lowest BCUT2D eigenvalue weighted by atomic mass is 10.2. The van der Waals surface area contributed by atoms with E-state index in [-0.39, 0.29) is 10.9 Å². The highest BCUT2D eigenvalue weighted by Crippen LogP contribution is 2.24. The van der Waals surface area contributed by atoms with Gasteiger partial charge in [0.25, 0.3) is 0 Å². The van der Waals surface area contributed by atoms with E-state index in [0.717, 1.165) is 21.1 Å². The molecule has 0 spiro atoms. The predicted octanol–water partition coefficient (Wildman–Crippen LogP) is 4.82. The summed E-state index contributed by atoms with van der Waals surface area (Å²) in [6.07, 6.45) is 0. The molecule has 4 rings (SSSR count). The van der Waals surface area contributed by atoms with Gasteiger partial charge >= 0.3 is 0 Å². The number of halogens is 1. The summed E-state index contributed by atoms with van der Waals surface area (Å²) in [6.45, 7) is 0.442. The highest BCUT2D eigenvalue weighted by atomic mass is 79.9. The van der Waals surface area contributed by atoms with Crippen LogP contribution in [0.25, 0.3) is 11.0 Å². The number of imidazole rings is 1. The Kier molecular flexibility index (Phi) is 4.85. The molecule has 136 valence electrons. The number of aromatic nitrogens is 2. The standard InChI is InChI=1S/C21H17BrN2O2S/c22-18-12-10-16(11-13-18)14-24-20-9-5-4-8-19(20)23-21(24)27(25,26)15-17-6-2-1-3-7-17/h1-13H,14-15H2. The van der Waals surface area contributed by atoms with Crippen LogP contribution in [0.15, 0.2) is 88.5 Å². The maximum Gasteiger partial charge on any atom is 0.229 e. The fourth-order valence-corrected chi connectivity index (χ4v) is 4.84. The van der Waals surface area contributed by atoms with Gasteiger partial charge in [-0.1, -0.05) is 70.5 Å². The van der Waals surface area contributed by atoms with Crippen molar-refractivity contribution in [1.82, 2.24) is 9.55 Å². The van der Waals surface area contributed by atoms with Crippen molar-refractivity contribution >= 4 is 36.8 Å². The van der Waals surface area contributed by atoms with Crippen LogP contribution in [0.1, 0.15) is 11.1 Å². The molecule has 0 aliphatic carbocycles. The molecule has 0 radical (unpaired) electrons. The molecule has 0 atom stereocenters. The van der Waals surface area contributed by atoms with Gasteiger partial charge in [-0.05, 0) is 35.4 Å². The van der Waals surface area contributed by atoms with Crippen molar-refractivity contribution in [3.05, 3.63) is 94.5 Å². The number of hydrogen-bond donors (Lipinski definition) is 0. The summed E-state index contributed by atoms with van der Waals surface area (Å²) >= 11 is 3.43. The van der Waals surface area contributed by atoms with Crippen LogP contribution in [-0.4, -0.2) is 18.0 Å². The Morgan fingerprint density at radius 3 is 2.22 bits per heavy atom. The van der Waals surface area contributed by atoms with E-state index >= 15 is 0 Å². The van der Waals surface area contributed by atoms with Crippen LogP contribution in [-0.2, 0) is 22.1 Å². The van der Waals surface area contributed by atoms with E-state index < -0.39 is 9.84 Å². The van der Waals surface area contributed by atoms with Crippen LogP contribution >= 0.6 is 15.9 Å². The first-order valence-corrected chi connectivity index (χ1v) is 10.9. The molecule has 1 heterocycles. The monoisotopic (exact) mass is 440 g/mol. The topological polar surface area (TPSA) is 52.0 Å². The van der Waals surface area contributed by atoms with E-state index in [4.69, 9.17) is 0 Å². The number of sulfone groups is 1. The van der Waals surface area contributed by atoms with Gasteiger partial charge in [0.2, 0.25) is 15.0 Å². The summed E-state index contributed by atoms with van der Waals surface area (Å²) in [4.78, 5) is 4.46. The van der Waals surface area contributed by atoms with Crippen LogP contribution in [0.3, 0.4) is 0 Å². The molecule has 0 aliphatic rings. The van der Waals surface area contributed by atoms with E-state index in [9.17, 15) is 8.42 Å². The zero-order valence-corrected chi connectivity index (χ0v) is 16.8. The van der Waals surface area contributed by atoms with Crippen LogP contribution in [0.5, 0.6) is 0 Å². The molecule has 6 heteroatoms. The molecule has 4 aromatic rings. The number of rotatable bonds is 5. The van der Waals surface area contributed by atoms with Gasteiger partial charge in [-0.15, -0.1) is 0 Å². The lowest BCUT2D eigenvalue weighted by Crippen LogP contribution is -2.13. The van der Waals surface area contributed by atoms with Crippen LogP contribution in [0, 0.1) is 0 Å². The van der Waals surface area contributed by atoms with Gasteiger partial charge in [0.05, 0.1) is 23.3 Å². The molecule has 0 amide bonds. The molecule has 27 heavy (non-hydrogen) atoms. The van der Waals surface area contributed by atoms with Crippen LogP contribution in [0.2, 0.25) is 0 Å². The molecule has 3 aromatic carbocycles. The molecule has 0 bridgehead atoms. The molecule has 4 nitrogen and oxygen atoms in total. The number of hydrogen-bond acceptors (Lipinski definition) is 3. The fraction of sp³-hybridized carbons (Fsp3) is 0.0952. The van der Waals surface area contributed by atoms with Crippen molar-refractivity contribution < 1.29 is 8.42 Å². The van der Waals surface area contributed by atoms with Crippen molar-refractivity contribution in [2.24, 2.45) is 0 Å². The maximum atomic E-state index is 13.1. The molecule has 0 unspecified atom stereocenters. The Hall–Kier alpha value is -2.44. The Morgan fingerprint density at radius 2 is 1.48 bits per heavy atom. The minimum Gasteiger partial charge on any atom is -0.310 e. The second-order valence-electron chi connectivity index (χ2n) is 6.34. The normalized spacial score (nSPS) is 11.7. The minimum absolute atomic E-state index is 0.0719. The van der Waals surface area contributed by atoms with E-state index in [1.54, 1.807) is 4.57 Å². The maximum absolute atomic E-state index is 13.1. The predicted molar refractivity (Wildman–Crippen MR) is 110 cm³/mol. The summed E-state index contributed by atoms with van der Waals surface area (Å²) in [6, 6.07) is 24.6. The van der Waals surface area contributed by atoms with E-state index in [1.165, 1.54) is 0 Å². The lowest BCUT2D eigenvalue weighted by Gasteiger charge is -2.10. The molecular formula is C21H17BrN2O2S. The first-order chi connectivity index (χ1) is 13.0. The van der Waals surface area contributed by atoms with E-state index in [0.29, 0.717) is 12.1 Å². The first kappa shape index (κ1) is 17.9. The van der Waals surface area contributed by atoms with Crippen LogP contribution < -0.4 is 0 Å². The Bertz CT molecular complexity index is 1180. The Balaban J connectivity index is 1.81. The Morgan fingerprint density at radius 1 is 0.815 bits per heavy atom. The van der Waals surface area contributed by atoms with Crippen molar-refractivity contribution in [1.29, 1.82) is 0 Å². The second-order valence-corrected chi connectivity index (χ2v) is 9.14. The number of benzene rings is 3. The zero-order chi connectivity index (χ0) is 18.9. The summed E-state index contributed by atoms with van der Waals surface area (Å²) < 4.78 is 29.1. The summed E-state index contributed by atoms with van der Waals surface area (Å²) in [5.74, 6) is -0.0719. The van der Waals surface area contributed by atoms with Crippen LogP contribution in [0.4, 0.5) is 0 Å². The average molecular weight is 441 g/mol. The number of para-hydroxylation sites is 2. The van der Waals surface area contributed by atoms with E-state index in [1.807, 2.05) is 78.9 Å². The number of nitrogens with zero attached hydrogens (tertiary/aromatic N) is 2. The lowest BCUT2D eigenvalue weighted by molar-refractivity contribution is 0.574. The van der Waals surface area contributed by atoms with Crippen molar-refractivity contribution in [2.45, 2.75) is 17.5 Å². The first-order valence-electron chi connectivity index (χ1n) is 8.49. The molecule has 0 aliphatic heterocycles. The average Bonchev–Trinajstić information content (AvgIpc) is 3.04. The van der Waals surface area contributed by atoms with Gasteiger partial charge in [-0.25, -0.2) is 13.4 Å². The molecule has 0 saturated carbocycles. The Labute approximate surface area is 166 Å². The van der Waals surface area contributed by atoms with Crippen molar-refractivity contribution in [3.63, 3.8) is 0 Å². The van der Waals surface area contributed by atoms with Gasteiger partial charge < -0.3 is 4.57 Å². The second kappa shape index (κ2) is 7.29. The van der Waals surface area contributed by atoms with Gasteiger partial charge in [-0.2, -0.15) is 0 Å². The molecule has 0 fully saturated rings. The van der Waals surface area contributed by atoms with Crippen molar-refractivity contribution in [2.75, 3.05) is 0 Å². The van der Waals surface area contributed by atoms with Crippen molar-refractivity contribution in [3.8, 4) is 0 Å². The summed E-state index contributed by atoms with van der Waals surface area (Å²) in [7, 11) is -3.59. The molecule has 0 saturated heterocycles. The fourth-order valence-electron chi connectivity index (χ4n) is 3.07. The third-order valence-corrected chi connectivity index (χ3v) is 6.46. The van der Waals surface area contributed by atoms with Gasteiger partial charge in [0, 0.05) is 4.47 Å².